The van der Waals surface area contributed by atoms with Crippen molar-refractivity contribution in [2.75, 3.05) is 36.5 Å². The van der Waals surface area contributed by atoms with Gasteiger partial charge in [-0.05, 0) is 44.0 Å². The zero-order valence-electron chi connectivity index (χ0n) is 16.7. The summed E-state index contributed by atoms with van der Waals surface area (Å²) >= 11 is 0. The molecule has 2 atom stereocenters. The Balaban J connectivity index is 1.70. The molecule has 1 amide bonds. The van der Waals surface area contributed by atoms with Crippen LogP contribution in [0.2, 0.25) is 0 Å². The minimum Gasteiger partial charge on any atom is -0.381 e. The fourth-order valence-corrected chi connectivity index (χ4v) is 3.93. The van der Waals surface area contributed by atoms with Crippen LogP contribution in [0.15, 0.2) is 24.3 Å². The Morgan fingerprint density at radius 3 is 2.69 bits per heavy atom. The van der Waals surface area contributed by atoms with Gasteiger partial charge >= 0.3 is 0 Å². The quantitative estimate of drug-likeness (QED) is 0.799. The van der Waals surface area contributed by atoms with Gasteiger partial charge in [-0.1, -0.05) is 6.07 Å². The van der Waals surface area contributed by atoms with Crippen molar-refractivity contribution >= 4 is 17.5 Å². The predicted molar refractivity (Wildman–Crippen MR) is 107 cm³/mol. The maximum Gasteiger partial charge on any atom is 0.257 e. The first-order chi connectivity index (χ1) is 14.0. The number of morpholine rings is 1. The predicted octanol–water partition coefficient (Wildman–Crippen LogP) is 2.60. The van der Waals surface area contributed by atoms with E-state index in [1.54, 1.807) is 6.07 Å². The molecule has 0 spiro atoms. The molecule has 0 aromatic carbocycles. The Morgan fingerprint density at radius 1 is 1.17 bits per heavy atom. The van der Waals surface area contributed by atoms with Crippen molar-refractivity contribution in [2.24, 2.45) is 0 Å². The number of nitrogens with zero attached hydrogens (tertiary/aromatic N) is 3. The molecule has 7 nitrogen and oxygen atoms in total. The molecule has 1 fully saturated rings. The van der Waals surface area contributed by atoms with Gasteiger partial charge in [0.05, 0.1) is 25.4 Å². The van der Waals surface area contributed by atoms with Crippen molar-refractivity contribution in [1.29, 1.82) is 0 Å². The molecule has 154 valence electrons. The van der Waals surface area contributed by atoms with E-state index < -0.39 is 5.95 Å². The smallest absolute Gasteiger partial charge is 0.257 e. The zero-order chi connectivity index (χ0) is 20.4. The average molecular weight is 400 g/mol. The lowest BCUT2D eigenvalue weighted by Crippen LogP contribution is -2.46. The average Bonchev–Trinajstić information content (AvgIpc) is 2.92. The van der Waals surface area contributed by atoms with E-state index in [2.05, 4.69) is 15.2 Å². The van der Waals surface area contributed by atoms with Gasteiger partial charge in [0.15, 0.2) is 0 Å². The lowest BCUT2D eigenvalue weighted by molar-refractivity contribution is -0.00547. The van der Waals surface area contributed by atoms with E-state index >= 15 is 0 Å². The highest BCUT2D eigenvalue weighted by molar-refractivity contribution is 6.05. The standard InChI is InChI=1S/C21H25FN4O3/c1-13-11-26(12-14(2)29-13)20-10-16(15-6-8-28-9-7-17(15)23-20)21(27)25-19-5-3-4-18(22)24-19/h3-5,10,13-14H,6-9,11-12H2,1-2H3,(H,24,25,27)/t13-,14+. The number of amides is 1. The van der Waals surface area contributed by atoms with Crippen molar-refractivity contribution in [1.82, 2.24) is 9.97 Å². The molecule has 2 aromatic rings. The Kier molecular flexibility index (Phi) is 5.73. The van der Waals surface area contributed by atoms with Crippen molar-refractivity contribution in [3.63, 3.8) is 0 Å². The van der Waals surface area contributed by atoms with Gasteiger partial charge in [-0.25, -0.2) is 9.97 Å². The van der Waals surface area contributed by atoms with Crippen LogP contribution in [0, 0.1) is 5.95 Å². The summed E-state index contributed by atoms with van der Waals surface area (Å²) in [4.78, 5) is 23.8. The first-order valence-electron chi connectivity index (χ1n) is 9.94. The highest BCUT2D eigenvalue weighted by atomic mass is 19.1. The number of carbonyl (C=O) groups excluding carboxylic acids is 1. The van der Waals surface area contributed by atoms with Gasteiger partial charge in [-0.2, -0.15) is 4.39 Å². The van der Waals surface area contributed by atoms with E-state index in [0.29, 0.717) is 44.7 Å². The summed E-state index contributed by atoms with van der Waals surface area (Å²) in [6, 6.07) is 6.14. The summed E-state index contributed by atoms with van der Waals surface area (Å²) in [5, 5.41) is 2.72. The first-order valence-corrected chi connectivity index (χ1v) is 9.94. The van der Waals surface area contributed by atoms with Crippen molar-refractivity contribution < 1.29 is 18.7 Å². The highest BCUT2D eigenvalue weighted by Crippen LogP contribution is 2.26. The van der Waals surface area contributed by atoms with E-state index in [-0.39, 0.29) is 23.9 Å². The number of fused-ring (bicyclic) bond motifs is 1. The third-order valence-electron chi connectivity index (χ3n) is 5.12. The maximum absolute atomic E-state index is 13.4. The minimum absolute atomic E-state index is 0.0801. The largest absolute Gasteiger partial charge is 0.381 e. The van der Waals surface area contributed by atoms with Gasteiger partial charge in [-0.3, -0.25) is 4.79 Å². The molecular weight excluding hydrogens is 375 g/mol. The van der Waals surface area contributed by atoms with Gasteiger partial charge in [-0.15, -0.1) is 0 Å². The van der Waals surface area contributed by atoms with Crippen LogP contribution in [0.3, 0.4) is 0 Å². The maximum atomic E-state index is 13.4. The second-order valence-corrected chi connectivity index (χ2v) is 7.53. The Bertz CT molecular complexity index is 897. The number of halogens is 1. The van der Waals surface area contributed by atoms with Crippen molar-refractivity contribution in [3.8, 4) is 0 Å². The van der Waals surface area contributed by atoms with Crippen LogP contribution in [0.1, 0.15) is 35.5 Å². The SMILES string of the molecule is C[C@@H]1CN(c2cc(C(=O)Nc3cccc(F)n3)c3c(n2)CCOCC3)C[C@H](C)O1. The van der Waals surface area contributed by atoms with E-state index in [0.717, 1.165) is 17.1 Å². The number of carbonyl (C=O) groups is 1. The monoisotopic (exact) mass is 400 g/mol. The summed E-state index contributed by atoms with van der Waals surface area (Å²) in [6.07, 6.45) is 1.42. The number of hydrogen-bond acceptors (Lipinski definition) is 6. The fourth-order valence-electron chi connectivity index (χ4n) is 3.93. The number of nitrogens with one attached hydrogen (secondary N) is 1. The van der Waals surface area contributed by atoms with Crippen LogP contribution in [0.5, 0.6) is 0 Å². The molecule has 1 N–H and O–H groups in total. The van der Waals surface area contributed by atoms with E-state index in [1.165, 1.54) is 12.1 Å². The van der Waals surface area contributed by atoms with Crippen LogP contribution < -0.4 is 10.2 Å². The molecule has 2 aliphatic heterocycles. The van der Waals surface area contributed by atoms with Crippen LogP contribution in [-0.4, -0.2) is 54.4 Å². The fraction of sp³-hybridized carbons (Fsp3) is 0.476. The lowest BCUT2D eigenvalue weighted by Gasteiger charge is -2.36. The normalized spacial score (nSPS) is 22.0. The zero-order valence-corrected chi connectivity index (χ0v) is 16.7. The number of ether oxygens (including phenoxy) is 2. The van der Waals surface area contributed by atoms with E-state index in [4.69, 9.17) is 14.5 Å². The van der Waals surface area contributed by atoms with E-state index in [1.807, 2.05) is 19.9 Å². The molecule has 1 saturated heterocycles. The van der Waals surface area contributed by atoms with Crippen LogP contribution in [0.25, 0.3) is 0 Å². The Labute approximate surface area is 169 Å². The van der Waals surface area contributed by atoms with Crippen molar-refractivity contribution in [2.45, 2.75) is 38.9 Å². The van der Waals surface area contributed by atoms with Crippen LogP contribution in [0.4, 0.5) is 16.0 Å². The molecule has 4 heterocycles. The number of hydrogen-bond donors (Lipinski definition) is 1. The van der Waals surface area contributed by atoms with Gasteiger partial charge < -0.3 is 19.7 Å². The molecule has 0 bridgehead atoms. The van der Waals surface area contributed by atoms with Gasteiger partial charge in [0.2, 0.25) is 5.95 Å². The highest BCUT2D eigenvalue weighted by Gasteiger charge is 2.27. The number of rotatable bonds is 3. The number of anilines is 2. The molecule has 2 aromatic heterocycles. The molecule has 2 aliphatic rings. The third-order valence-corrected chi connectivity index (χ3v) is 5.12. The van der Waals surface area contributed by atoms with E-state index in [9.17, 15) is 9.18 Å². The summed E-state index contributed by atoms with van der Waals surface area (Å²) < 4.78 is 24.8. The summed E-state index contributed by atoms with van der Waals surface area (Å²) in [5.74, 6) is -0.0217. The second-order valence-electron chi connectivity index (χ2n) is 7.53. The number of pyridine rings is 2. The molecule has 4 rings (SSSR count). The summed E-state index contributed by atoms with van der Waals surface area (Å²) in [6.45, 7) is 6.59. The molecule has 0 saturated carbocycles. The summed E-state index contributed by atoms with van der Waals surface area (Å²) in [7, 11) is 0. The van der Waals surface area contributed by atoms with Crippen molar-refractivity contribution in [3.05, 3.63) is 47.0 Å². The molecule has 0 aliphatic carbocycles. The lowest BCUT2D eigenvalue weighted by atomic mass is 10.0. The molecule has 29 heavy (non-hydrogen) atoms. The third kappa shape index (κ3) is 4.54. The molecule has 0 radical (unpaired) electrons. The van der Waals surface area contributed by atoms with Crippen LogP contribution in [-0.2, 0) is 22.3 Å². The van der Waals surface area contributed by atoms with Crippen LogP contribution >= 0.6 is 0 Å². The topological polar surface area (TPSA) is 76.6 Å². The first kappa shape index (κ1) is 19.7. The van der Waals surface area contributed by atoms with Gasteiger partial charge in [0, 0.05) is 30.8 Å². The Morgan fingerprint density at radius 2 is 1.93 bits per heavy atom. The second kappa shape index (κ2) is 8.42. The van der Waals surface area contributed by atoms with Gasteiger partial charge in [0.25, 0.3) is 5.91 Å². The number of aromatic nitrogens is 2. The molecule has 0 unspecified atom stereocenters. The molecule has 8 heteroatoms. The summed E-state index contributed by atoms with van der Waals surface area (Å²) in [5.41, 5.74) is 2.30. The Hall–Kier alpha value is -2.58. The minimum atomic E-state index is -0.637. The van der Waals surface area contributed by atoms with Gasteiger partial charge in [0.1, 0.15) is 11.6 Å². The molecular formula is C21H25FN4O3.